The fourth-order valence-corrected chi connectivity index (χ4v) is 1.61. The molecule has 1 aromatic heterocycles. The highest BCUT2D eigenvalue weighted by Gasteiger charge is 2.21. The van der Waals surface area contributed by atoms with Crippen molar-refractivity contribution in [3.05, 3.63) is 17.1 Å². The molecule has 0 saturated heterocycles. The van der Waals surface area contributed by atoms with Gasteiger partial charge in [-0.3, -0.25) is 0 Å². The van der Waals surface area contributed by atoms with Gasteiger partial charge in [-0.05, 0) is 6.92 Å². The minimum absolute atomic E-state index is 0.185. The molecule has 1 aromatic rings. The predicted molar refractivity (Wildman–Crippen MR) is 54.5 cm³/mol. The van der Waals surface area contributed by atoms with Crippen LogP contribution in [0.5, 0.6) is 5.88 Å². The van der Waals surface area contributed by atoms with Gasteiger partial charge < -0.3 is 15.2 Å². The summed E-state index contributed by atoms with van der Waals surface area (Å²) in [4.78, 5) is 8.67. The van der Waals surface area contributed by atoms with Gasteiger partial charge in [-0.1, -0.05) is 0 Å². The van der Waals surface area contributed by atoms with Crippen LogP contribution in [0, 0.1) is 0 Å². The molecule has 0 bridgehead atoms. The summed E-state index contributed by atoms with van der Waals surface area (Å²) >= 11 is 0. The zero-order valence-electron chi connectivity index (χ0n) is 8.99. The lowest BCUT2D eigenvalue weighted by Crippen LogP contribution is -2.13. The van der Waals surface area contributed by atoms with Crippen LogP contribution in [0.2, 0.25) is 0 Å². The largest absolute Gasteiger partial charge is 0.477 e. The van der Waals surface area contributed by atoms with Gasteiger partial charge >= 0.3 is 0 Å². The fourth-order valence-electron chi connectivity index (χ4n) is 1.61. The van der Waals surface area contributed by atoms with Crippen LogP contribution in [-0.4, -0.2) is 23.7 Å². The molecule has 15 heavy (non-hydrogen) atoms. The number of fused-ring (bicyclic) bond motifs is 1. The highest BCUT2D eigenvalue weighted by molar-refractivity contribution is 5.34. The summed E-state index contributed by atoms with van der Waals surface area (Å²) in [5, 5.41) is 0. The highest BCUT2D eigenvalue weighted by atomic mass is 16.5. The van der Waals surface area contributed by atoms with Crippen molar-refractivity contribution in [2.75, 3.05) is 13.7 Å². The normalized spacial score (nSPS) is 15.9. The van der Waals surface area contributed by atoms with Crippen molar-refractivity contribution in [3.63, 3.8) is 0 Å². The van der Waals surface area contributed by atoms with Crippen LogP contribution in [0.25, 0.3) is 0 Å². The van der Waals surface area contributed by atoms with Crippen LogP contribution in [-0.2, 0) is 17.8 Å². The molecule has 0 fully saturated rings. The van der Waals surface area contributed by atoms with Crippen LogP contribution in [0.15, 0.2) is 0 Å². The molecule has 1 atom stereocenters. The Morgan fingerprint density at radius 1 is 1.53 bits per heavy atom. The smallest absolute Gasteiger partial charge is 0.220 e. The first-order valence-corrected chi connectivity index (χ1v) is 4.99. The standard InChI is InChI=1S/C10H15N3O2/c1-6(11)9-12-8(5-14-2)7-3-4-15-10(7)13-9/h6H,3-5,11H2,1-2H3. The van der Waals surface area contributed by atoms with E-state index >= 15 is 0 Å². The summed E-state index contributed by atoms with van der Waals surface area (Å²) in [5.41, 5.74) is 7.70. The van der Waals surface area contributed by atoms with Crippen molar-refractivity contribution in [2.45, 2.75) is 26.0 Å². The monoisotopic (exact) mass is 209 g/mol. The van der Waals surface area contributed by atoms with E-state index in [0.29, 0.717) is 24.9 Å². The summed E-state index contributed by atoms with van der Waals surface area (Å²) < 4.78 is 10.5. The van der Waals surface area contributed by atoms with Crippen LogP contribution >= 0.6 is 0 Å². The number of ether oxygens (including phenoxy) is 2. The Morgan fingerprint density at radius 2 is 2.33 bits per heavy atom. The number of nitrogens with zero attached hydrogens (tertiary/aromatic N) is 2. The van der Waals surface area contributed by atoms with Gasteiger partial charge in [-0.25, -0.2) is 4.98 Å². The molecule has 82 valence electrons. The van der Waals surface area contributed by atoms with Gasteiger partial charge in [0.1, 0.15) is 5.82 Å². The molecule has 1 unspecified atom stereocenters. The Labute approximate surface area is 88.6 Å². The van der Waals surface area contributed by atoms with Crippen LogP contribution in [0.3, 0.4) is 0 Å². The Balaban J connectivity index is 2.43. The lowest BCUT2D eigenvalue weighted by molar-refractivity contribution is 0.180. The third-order valence-electron chi connectivity index (χ3n) is 2.35. The number of hydrogen-bond acceptors (Lipinski definition) is 5. The number of rotatable bonds is 3. The van der Waals surface area contributed by atoms with Crippen LogP contribution < -0.4 is 10.5 Å². The molecular formula is C10H15N3O2. The van der Waals surface area contributed by atoms with Crippen LogP contribution in [0.4, 0.5) is 0 Å². The van der Waals surface area contributed by atoms with Gasteiger partial charge in [0.05, 0.1) is 24.9 Å². The summed E-state index contributed by atoms with van der Waals surface area (Å²) in [6, 6.07) is -0.185. The molecule has 1 aliphatic heterocycles. The lowest BCUT2D eigenvalue weighted by Gasteiger charge is -2.09. The fraction of sp³-hybridized carbons (Fsp3) is 0.600. The Morgan fingerprint density at radius 3 is 3.00 bits per heavy atom. The van der Waals surface area contributed by atoms with E-state index in [1.165, 1.54) is 0 Å². The number of methoxy groups -OCH3 is 1. The molecule has 0 spiro atoms. The van der Waals surface area contributed by atoms with Gasteiger partial charge in [0.25, 0.3) is 0 Å². The summed E-state index contributed by atoms with van der Waals surface area (Å²) in [5.74, 6) is 1.28. The molecule has 0 radical (unpaired) electrons. The van der Waals surface area contributed by atoms with Crippen molar-refractivity contribution >= 4 is 0 Å². The SMILES string of the molecule is COCc1nc(C(C)N)nc2c1CCO2. The Kier molecular flexibility index (Phi) is 2.83. The summed E-state index contributed by atoms with van der Waals surface area (Å²) in [6.45, 7) is 3.00. The highest BCUT2D eigenvalue weighted by Crippen LogP contribution is 2.26. The second-order valence-electron chi connectivity index (χ2n) is 3.63. The van der Waals surface area contributed by atoms with Crippen molar-refractivity contribution in [2.24, 2.45) is 5.73 Å². The van der Waals surface area contributed by atoms with E-state index in [-0.39, 0.29) is 6.04 Å². The third kappa shape index (κ3) is 1.93. The van der Waals surface area contributed by atoms with E-state index in [0.717, 1.165) is 17.7 Å². The number of aromatic nitrogens is 2. The maximum Gasteiger partial charge on any atom is 0.220 e. The van der Waals surface area contributed by atoms with Crippen molar-refractivity contribution < 1.29 is 9.47 Å². The molecule has 2 heterocycles. The van der Waals surface area contributed by atoms with Crippen molar-refractivity contribution in [1.82, 2.24) is 9.97 Å². The van der Waals surface area contributed by atoms with E-state index in [1.807, 2.05) is 6.92 Å². The molecule has 0 aromatic carbocycles. The quantitative estimate of drug-likeness (QED) is 0.788. The van der Waals surface area contributed by atoms with Gasteiger partial charge in [0, 0.05) is 19.1 Å². The molecular weight excluding hydrogens is 194 g/mol. The first kappa shape index (κ1) is 10.3. The minimum Gasteiger partial charge on any atom is -0.477 e. The maximum absolute atomic E-state index is 5.75. The molecule has 2 rings (SSSR count). The molecule has 5 nitrogen and oxygen atoms in total. The summed E-state index contributed by atoms with van der Waals surface area (Å²) in [6.07, 6.45) is 0.854. The first-order valence-electron chi connectivity index (χ1n) is 4.99. The van der Waals surface area contributed by atoms with E-state index in [1.54, 1.807) is 7.11 Å². The summed E-state index contributed by atoms with van der Waals surface area (Å²) in [7, 11) is 1.65. The molecule has 0 aliphatic carbocycles. The Bertz CT molecular complexity index is 366. The first-order chi connectivity index (χ1) is 7.22. The number of nitrogens with two attached hydrogens (primary N) is 1. The van der Waals surface area contributed by atoms with Crippen molar-refractivity contribution in [3.8, 4) is 5.88 Å². The zero-order chi connectivity index (χ0) is 10.8. The molecule has 1 aliphatic rings. The average Bonchev–Trinajstić information content (AvgIpc) is 2.65. The molecule has 5 heteroatoms. The van der Waals surface area contributed by atoms with E-state index in [9.17, 15) is 0 Å². The topological polar surface area (TPSA) is 70.3 Å². The molecule has 0 saturated carbocycles. The average molecular weight is 209 g/mol. The van der Waals surface area contributed by atoms with E-state index in [4.69, 9.17) is 15.2 Å². The second-order valence-corrected chi connectivity index (χ2v) is 3.63. The van der Waals surface area contributed by atoms with Gasteiger partial charge in [-0.2, -0.15) is 4.98 Å². The zero-order valence-corrected chi connectivity index (χ0v) is 8.99. The molecule has 2 N–H and O–H groups in total. The van der Waals surface area contributed by atoms with Crippen molar-refractivity contribution in [1.29, 1.82) is 0 Å². The predicted octanol–water partition coefficient (Wildman–Crippen LogP) is 0.578. The minimum atomic E-state index is -0.185. The van der Waals surface area contributed by atoms with Gasteiger partial charge in [0.2, 0.25) is 5.88 Å². The second kappa shape index (κ2) is 4.12. The maximum atomic E-state index is 5.75. The molecule has 0 amide bonds. The van der Waals surface area contributed by atoms with E-state index in [2.05, 4.69) is 9.97 Å². The Hall–Kier alpha value is -1.20. The van der Waals surface area contributed by atoms with Gasteiger partial charge in [0.15, 0.2) is 0 Å². The van der Waals surface area contributed by atoms with E-state index < -0.39 is 0 Å². The van der Waals surface area contributed by atoms with Crippen LogP contribution in [0.1, 0.15) is 30.0 Å². The van der Waals surface area contributed by atoms with Gasteiger partial charge in [-0.15, -0.1) is 0 Å². The third-order valence-corrected chi connectivity index (χ3v) is 2.35. The lowest BCUT2D eigenvalue weighted by atomic mass is 10.2. The number of hydrogen-bond donors (Lipinski definition) is 1.